The molecule has 2 heterocycles. The molecule has 0 aromatic carbocycles. The van der Waals surface area contributed by atoms with Crippen LogP contribution in [0.3, 0.4) is 0 Å². The molecule has 0 aliphatic carbocycles. The van der Waals surface area contributed by atoms with Crippen molar-refractivity contribution in [2.24, 2.45) is 0 Å². The van der Waals surface area contributed by atoms with Crippen LogP contribution in [0.5, 0.6) is 0 Å². The lowest BCUT2D eigenvalue weighted by Crippen LogP contribution is -2.73. The standard InChI is InChI=1S/C11H16O8/c12-5-7-8(13)9(14)10(15,11(16,17)19-7)4-6-2-1-3-18-6/h1-3,7-9,12-17H,4-5H2/t7-,8-,9+,10-/m1/s1. The fourth-order valence-corrected chi connectivity index (χ4v) is 2.11. The van der Waals surface area contributed by atoms with E-state index in [-0.39, 0.29) is 5.76 Å². The third kappa shape index (κ3) is 2.28. The van der Waals surface area contributed by atoms with Gasteiger partial charge in [-0.25, -0.2) is 0 Å². The van der Waals surface area contributed by atoms with Gasteiger partial charge in [0.1, 0.15) is 24.1 Å². The molecule has 0 unspecified atom stereocenters. The van der Waals surface area contributed by atoms with Crippen LogP contribution < -0.4 is 0 Å². The van der Waals surface area contributed by atoms with Gasteiger partial charge in [0.25, 0.3) is 0 Å². The predicted octanol–water partition coefficient (Wildman–Crippen LogP) is -2.70. The minimum Gasteiger partial charge on any atom is -0.469 e. The van der Waals surface area contributed by atoms with Crippen LogP contribution in [0, 0.1) is 0 Å². The minimum absolute atomic E-state index is 0.160. The molecule has 19 heavy (non-hydrogen) atoms. The topological polar surface area (TPSA) is 144 Å². The quantitative estimate of drug-likeness (QED) is 0.327. The van der Waals surface area contributed by atoms with Gasteiger partial charge in [0.05, 0.1) is 12.9 Å². The zero-order chi connectivity index (χ0) is 14.3. The van der Waals surface area contributed by atoms with E-state index in [0.717, 1.165) is 0 Å². The van der Waals surface area contributed by atoms with Gasteiger partial charge >= 0.3 is 5.97 Å². The molecule has 1 saturated heterocycles. The monoisotopic (exact) mass is 276 g/mol. The second kappa shape index (κ2) is 4.84. The molecule has 0 radical (unpaired) electrons. The van der Waals surface area contributed by atoms with Crippen molar-refractivity contribution in [1.82, 2.24) is 0 Å². The first-order valence-corrected chi connectivity index (χ1v) is 5.66. The van der Waals surface area contributed by atoms with Crippen molar-refractivity contribution in [3.8, 4) is 0 Å². The van der Waals surface area contributed by atoms with Gasteiger partial charge in [-0.2, -0.15) is 0 Å². The fourth-order valence-electron chi connectivity index (χ4n) is 2.11. The number of aliphatic hydroxyl groups is 6. The molecule has 0 saturated carbocycles. The first-order chi connectivity index (χ1) is 8.82. The average Bonchev–Trinajstić information content (AvgIpc) is 2.85. The zero-order valence-electron chi connectivity index (χ0n) is 9.88. The minimum atomic E-state index is -3.15. The number of hydrogen-bond acceptors (Lipinski definition) is 8. The summed E-state index contributed by atoms with van der Waals surface area (Å²) >= 11 is 0. The van der Waals surface area contributed by atoms with E-state index >= 15 is 0 Å². The molecule has 0 amide bonds. The fraction of sp³-hybridized carbons (Fsp3) is 0.636. The van der Waals surface area contributed by atoms with E-state index in [1.54, 1.807) is 0 Å². The van der Waals surface area contributed by atoms with E-state index in [1.165, 1.54) is 18.4 Å². The summed E-state index contributed by atoms with van der Waals surface area (Å²) in [5.74, 6) is -2.99. The summed E-state index contributed by atoms with van der Waals surface area (Å²) in [5.41, 5.74) is -2.60. The highest BCUT2D eigenvalue weighted by Crippen LogP contribution is 2.37. The van der Waals surface area contributed by atoms with Crippen LogP contribution in [0.4, 0.5) is 0 Å². The third-order valence-electron chi connectivity index (χ3n) is 3.28. The first-order valence-electron chi connectivity index (χ1n) is 5.66. The molecule has 6 N–H and O–H groups in total. The molecule has 1 fully saturated rings. The van der Waals surface area contributed by atoms with E-state index in [9.17, 15) is 25.5 Å². The normalized spacial score (nSPS) is 38.3. The molecular formula is C11H16O8. The maximum Gasteiger partial charge on any atom is 0.312 e. The molecule has 1 aromatic heterocycles. The summed E-state index contributed by atoms with van der Waals surface area (Å²) in [5, 5.41) is 58.2. The van der Waals surface area contributed by atoms with Gasteiger partial charge in [-0.15, -0.1) is 0 Å². The number of hydrogen-bond donors (Lipinski definition) is 6. The van der Waals surface area contributed by atoms with Gasteiger partial charge in [0.15, 0.2) is 5.60 Å². The van der Waals surface area contributed by atoms with Crippen LogP contribution >= 0.6 is 0 Å². The Morgan fingerprint density at radius 3 is 2.42 bits per heavy atom. The van der Waals surface area contributed by atoms with Crippen molar-refractivity contribution >= 4 is 0 Å². The summed E-state index contributed by atoms with van der Waals surface area (Å²) in [6, 6.07) is 2.96. The first kappa shape index (κ1) is 14.4. The zero-order valence-corrected chi connectivity index (χ0v) is 9.88. The number of furan rings is 1. The largest absolute Gasteiger partial charge is 0.469 e. The maximum atomic E-state index is 10.2. The van der Waals surface area contributed by atoms with E-state index in [0.29, 0.717) is 0 Å². The summed E-state index contributed by atoms with van der Waals surface area (Å²) in [6.07, 6.45) is -4.25. The molecule has 0 spiro atoms. The van der Waals surface area contributed by atoms with Crippen molar-refractivity contribution in [1.29, 1.82) is 0 Å². The van der Waals surface area contributed by atoms with Gasteiger partial charge in [-0.3, -0.25) is 0 Å². The molecule has 108 valence electrons. The van der Waals surface area contributed by atoms with Gasteiger partial charge in [-0.1, -0.05) is 0 Å². The van der Waals surface area contributed by atoms with Crippen LogP contribution in [-0.2, 0) is 11.2 Å². The smallest absolute Gasteiger partial charge is 0.312 e. The lowest BCUT2D eigenvalue weighted by molar-refractivity contribution is -0.468. The Hall–Kier alpha value is -1.00. The maximum absolute atomic E-state index is 10.2. The van der Waals surface area contributed by atoms with Gasteiger partial charge in [0.2, 0.25) is 0 Å². The van der Waals surface area contributed by atoms with E-state index in [2.05, 4.69) is 4.74 Å². The Labute approximate surface area is 108 Å². The lowest BCUT2D eigenvalue weighted by Gasteiger charge is -2.49. The molecule has 1 aliphatic heterocycles. The second-order valence-electron chi connectivity index (χ2n) is 4.56. The van der Waals surface area contributed by atoms with Gasteiger partial charge < -0.3 is 39.8 Å². The van der Waals surface area contributed by atoms with Crippen LogP contribution in [0.25, 0.3) is 0 Å². The van der Waals surface area contributed by atoms with Crippen LogP contribution in [0.15, 0.2) is 22.8 Å². The van der Waals surface area contributed by atoms with Crippen molar-refractivity contribution in [2.45, 2.75) is 36.3 Å². The van der Waals surface area contributed by atoms with E-state index in [1.807, 2.05) is 0 Å². The Balaban J connectivity index is 2.31. The summed E-state index contributed by atoms with van der Waals surface area (Å²) < 4.78 is 9.58. The molecule has 8 nitrogen and oxygen atoms in total. The summed E-state index contributed by atoms with van der Waals surface area (Å²) in [7, 11) is 0. The van der Waals surface area contributed by atoms with Crippen molar-refractivity contribution in [3.05, 3.63) is 24.2 Å². The van der Waals surface area contributed by atoms with Gasteiger partial charge in [0, 0.05) is 6.42 Å². The Kier molecular flexibility index (Phi) is 3.67. The van der Waals surface area contributed by atoms with Crippen molar-refractivity contribution in [2.75, 3.05) is 6.61 Å². The summed E-state index contributed by atoms with van der Waals surface area (Å²) in [6.45, 7) is -0.752. The molecule has 8 heteroatoms. The van der Waals surface area contributed by atoms with Crippen LogP contribution in [0.1, 0.15) is 5.76 Å². The van der Waals surface area contributed by atoms with Crippen LogP contribution in [0.2, 0.25) is 0 Å². The van der Waals surface area contributed by atoms with E-state index < -0.39 is 42.9 Å². The molecule has 1 aromatic rings. The van der Waals surface area contributed by atoms with Gasteiger partial charge in [-0.05, 0) is 12.1 Å². The highest BCUT2D eigenvalue weighted by molar-refractivity contribution is 5.11. The predicted molar refractivity (Wildman–Crippen MR) is 58.5 cm³/mol. The molecule has 4 atom stereocenters. The average molecular weight is 276 g/mol. The van der Waals surface area contributed by atoms with E-state index in [4.69, 9.17) is 9.52 Å². The van der Waals surface area contributed by atoms with Crippen molar-refractivity contribution < 1.29 is 39.8 Å². The SMILES string of the molecule is OC[C@H]1OC(O)(O)[C@@](O)(Cc2ccco2)[C@@H](O)[C@@H]1O. The molecule has 2 rings (SSSR count). The molecular weight excluding hydrogens is 260 g/mol. The second-order valence-corrected chi connectivity index (χ2v) is 4.56. The highest BCUT2D eigenvalue weighted by Gasteiger charge is 2.63. The highest BCUT2D eigenvalue weighted by atomic mass is 16.8. The Morgan fingerprint density at radius 1 is 1.21 bits per heavy atom. The number of ether oxygens (including phenoxy) is 1. The summed E-state index contributed by atoms with van der Waals surface area (Å²) in [4.78, 5) is 0. The van der Waals surface area contributed by atoms with Crippen molar-refractivity contribution in [3.63, 3.8) is 0 Å². The molecule has 1 aliphatic rings. The Morgan fingerprint density at radius 2 is 1.89 bits per heavy atom. The molecule has 0 bridgehead atoms. The van der Waals surface area contributed by atoms with Crippen LogP contribution in [-0.4, -0.2) is 67.1 Å². The number of aliphatic hydroxyl groups excluding tert-OH is 3. The number of rotatable bonds is 3. The Bertz CT molecular complexity index is 416. The lowest BCUT2D eigenvalue weighted by atomic mass is 9.81. The third-order valence-corrected chi connectivity index (χ3v) is 3.28.